The first-order valence-corrected chi connectivity index (χ1v) is 7.28. The molecule has 2 fully saturated rings. The van der Waals surface area contributed by atoms with Crippen molar-refractivity contribution in [3.8, 4) is 0 Å². The first-order chi connectivity index (χ1) is 8.29. The molecule has 0 bridgehead atoms. The monoisotopic (exact) mass is 254 g/mol. The number of thioether (sulfide) groups is 1. The molecule has 1 spiro atoms. The van der Waals surface area contributed by atoms with Gasteiger partial charge in [0.25, 0.3) is 0 Å². The van der Waals surface area contributed by atoms with Crippen molar-refractivity contribution in [2.24, 2.45) is 11.7 Å². The Morgan fingerprint density at radius 2 is 2.59 bits per heavy atom. The smallest absolute Gasteiger partial charge is 0.0994 e. The van der Waals surface area contributed by atoms with Gasteiger partial charge in [-0.25, -0.2) is 0 Å². The van der Waals surface area contributed by atoms with Crippen LogP contribution < -0.4 is 5.73 Å². The highest BCUT2D eigenvalue weighted by atomic mass is 32.2. The van der Waals surface area contributed by atoms with Gasteiger partial charge >= 0.3 is 0 Å². The van der Waals surface area contributed by atoms with Crippen LogP contribution in [0, 0.1) is 5.92 Å². The van der Waals surface area contributed by atoms with E-state index in [1.54, 1.807) is 6.20 Å². The summed E-state index contributed by atoms with van der Waals surface area (Å²) >= 11 is 1.99. The number of H-pyrrole nitrogens is 1. The lowest BCUT2D eigenvalue weighted by atomic mass is 9.81. The highest BCUT2D eigenvalue weighted by Gasteiger charge is 2.42. The van der Waals surface area contributed by atoms with Crippen LogP contribution in [0.25, 0.3) is 0 Å². The fourth-order valence-corrected chi connectivity index (χ4v) is 4.23. The molecule has 3 unspecified atom stereocenters. The predicted octanol–water partition coefficient (Wildman–Crippen LogP) is 1.11. The molecule has 94 valence electrons. The van der Waals surface area contributed by atoms with Gasteiger partial charge in [-0.1, -0.05) is 0 Å². The van der Waals surface area contributed by atoms with E-state index in [0.29, 0.717) is 5.92 Å². The maximum atomic E-state index is 6.28. The average Bonchev–Trinajstić information content (AvgIpc) is 3.00. The standard InChI is InChI=1S/C11H18N4OS/c12-10(9-6-13-15-14-9)8-1-3-16-11(5-8)2-4-17-7-11/h6,8,10H,1-5,7,12H2,(H,13,14,15). The van der Waals surface area contributed by atoms with Gasteiger partial charge < -0.3 is 10.5 Å². The van der Waals surface area contributed by atoms with E-state index < -0.39 is 0 Å². The number of nitrogens with zero attached hydrogens (tertiary/aromatic N) is 2. The van der Waals surface area contributed by atoms with E-state index in [0.717, 1.165) is 30.9 Å². The first kappa shape index (κ1) is 11.5. The predicted molar refractivity (Wildman–Crippen MR) is 66.7 cm³/mol. The fourth-order valence-electron chi connectivity index (χ4n) is 2.85. The van der Waals surface area contributed by atoms with Gasteiger partial charge in [-0.05, 0) is 30.9 Å². The second-order valence-electron chi connectivity index (χ2n) is 5.01. The number of ether oxygens (including phenoxy) is 1. The van der Waals surface area contributed by atoms with Gasteiger partial charge in [0.2, 0.25) is 0 Å². The summed E-state index contributed by atoms with van der Waals surface area (Å²) in [5.74, 6) is 2.80. The Balaban J connectivity index is 1.71. The van der Waals surface area contributed by atoms with E-state index >= 15 is 0 Å². The summed E-state index contributed by atoms with van der Waals surface area (Å²) in [7, 11) is 0. The molecule has 2 aliphatic heterocycles. The van der Waals surface area contributed by atoms with Crippen LogP contribution in [-0.4, -0.2) is 39.1 Å². The minimum absolute atomic E-state index is 0.0138. The van der Waals surface area contributed by atoms with Crippen LogP contribution in [-0.2, 0) is 4.74 Å². The zero-order valence-corrected chi connectivity index (χ0v) is 10.6. The lowest BCUT2D eigenvalue weighted by molar-refractivity contribution is -0.0836. The highest BCUT2D eigenvalue weighted by molar-refractivity contribution is 7.99. The van der Waals surface area contributed by atoms with Crippen molar-refractivity contribution in [1.82, 2.24) is 15.4 Å². The summed E-state index contributed by atoms with van der Waals surface area (Å²) < 4.78 is 6.00. The van der Waals surface area contributed by atoms with Crippen molar-refractivity contribution in [1.29, 1.82) is 0 Å². The first-order valence-electron chi connectivity index (χ1n) is 6.12. The molecule has 0 aliphatic carbocycles. The fraction of sp³-hybridized carbons (Fsp3) is 0.818. The number of hydrogen-bond donors (Lipinski definition) is 2. The Kier molecular flexibility index (Phi) is 3.10. The van der Waals surface area contributed by atoms with Crippen molar-refractivity contribution < 1.29 is 4.74 Å². The van der Waals surface area contributed by atoms with Gasteiger partial charge in [0.15, 0.2) is 0 Å². The molecule has 2 saturated heterocycles. The molecule has 0 amide bonds. The zero-order chi connectivity index (χ0) is 11.7. The van der Waals surface area contributed by atoms with Gasteiger partial charge in [-0.3, -0.25) is 0 Å². The van der Waals surface area contributed by atoms with E-state index in [9.17, 15) is 0 Å². The SMILES string of the molecule is NC(c1cn[nH]n1)C1CCOC2(CCSC2)C1. The molecule has 0 aromatic carbocycles. The summed E-state index contributed by atoms with van der Waals surface area (Å²) in [4.78, 5) is 0. The molecule has 0 radical (unpaired) electrons. The van der Waals surface area contributed by atoms with Gasteiger partial charge in [0.1, 0.15) is 0 Å². The molecule has 17 heavy (non-hydrogen) atoms. The molecule has 2 aliphatic rings. The molecule has 1 aromatic heterocycles. The largest absolute Gasteiger partial charge is 0.374 e. The lowest BCUT2D eigenvalue weighted by Crippen LogP contribution is -2.42. The van der Waals surface area contributed by atoms with Crippen molar-refractivity contribution in [3.05, 3.63) is 11.9 Å². The molecular formula is C11H18N4OS. The molecule has 3 heterocycles. The van der Waals surface area contributed by atoms with E-state index in [-0.39, 0.29) is 11.6 Å². The Bertz CT molecular complexity index is 364. The normalized spacial score (nSPS) is 35.2. The highest BCUT2D eigenvalue weighted by Crippen LogP contribution is 2.43. The summed E-state index contributed by atoms with van der Waals surface area (Å²) in [6, 6.07) is -0.0138. The number of aromatic amines is 1. The Labute approximate surface area is 105 Å². The molecule has 3 rings (SSSR count). The summed E-state index contributed by atoms with van der Waals surface area (Å²) in [5.41, 5.74) is 7.25. The van der Waals surface area contributed by atoms with Crippen molar-refractivity contribution in [2.75, 3.05) is 18.1 Å². The van der Waals surface area contributed by atoms with E-state index in [1.807, 2.05) is 11.8 Å². The van der Waals surface area contributed by atoms with Crippen molar-refractivity contribution >= 4 is 11.8 Å². The van der Waals surface area contributed by atoms with Crippen molar-refractivity contribution in [2.45, 2.75) is 30.9 Å². The number of aromatic nitrogens is 3. The van der Waals surface area contributed by atoms with Crippen LogP contribution in [0.5, 0.6) is 0 Å². The quantitative estimate of drug-likeness (QED) is 0.826. The maximum absolute atomic E-state index is 6.28. The Hall–Kier alpha value is -0.590. The summed E-state index contributed by atoms with van der Waals surface area (Å²) in [5, 5.41) is 10.6. The minimum atomic E-state index is -0.0138. The van der Waals surface area contributed by atoms with Crippen LogP contribution in [0.2, 0.25) is 0 Å². The van der Waals surface area contributed by atoms with E-state index in [1.165, 1.54) is 12.2 Å². The van der Waals surface area contributed by atoms with E-state index in [2.05, 4.69) is 15.4 Å². The van der Waals surface area contributed by atoms with Gasteiger partial charge in [-0.15, -0.1) is 0 Å². The molecule has 1 aromatic rings. The number of nitrogens with two attached hydrogens (primary N) is 1. The second-order valence-corrected chi connectivity index (χ2v) is 6.11. The number of nitrogens with one attached hydrogen (secondary N) is 1. The van der Waals surface area contributed by atoms with Crippen LogP contribution in [0.15, 0.2) is 6.20 Å². The Morgan fingerprint density at radius 3 is 3.29 bits per heavy atom. The lowest BCUT2D eigenvalue weighted by Gasteiger charge is -2.39. The third-order valence-electron chi connectivity index (χ3n) is 3.88. The molecule has 3 N–H and O–H groups in total. The number of rotatable bonds is 2. The maximum Gasteiger partial charge on any atom is 0.0994 e. The molecule has 3 atom stereocenters. The van der Waals surface area contributed by atoms with Crippen LogP contribution >= 0.6 is 11.8 Å². The molecular weight excluding hydrogens is 236 g/mol. The van der Waals surface area contributed by atoms with Gasteiger partial charge in [0, 0.05) is 12.4 Å². The van der Waals surface area contributed by atoms with Crippen LogP contribution in [0.4, 0.5) is 0 Å². The third kappa shape index (κ3) is 2.21. The summed E-state index contributed by atoms with van der Waals surface area (Å²) in [6.45, 7) is 0.830. The minimum Gasteiger partial charge on any atom is -0.374 e. The summed E-state index contributed by atoms with van der Waals surface area (Å²) in [6.07, 6.45) is 4.99. The van der Waals surface area contributed by atoms with Crippen LogP contribution in [0.1, 0.15) is 31.0 Å². The van der Waals surface area contributed by atoms with Gasteiger partial charge in [0.05, 0.1) is 23.5 Å². The molecule has 5 nitrogen and oxygen atoms in total. The second kappa shape index (κ2) is 4.59. The van der Waals surface area contributed by atoms with Crippen LogP contribution in [0.3, 0.4) is 0 Å². The topological polar surface area (TPSA) is 76.8 Å². The zero-order valence-electron chi connectivity index (χ0n) is 9.76. The molecule has 0 saturated carbocycles. The van der Waals surface area contributed by atoms with Crippen molar-refractivity contribution in [3.63, 3.8) is 0 Å². The van der Waals surface area contributed by atoms with E-state index in [4.69, 9.17) is 10.5 Å². The molecule has 6 heteroatoms. The Morgan fingerprint density at radius 1 is 1.65 bits per heavy atom. The average molecular weight is 254 g/mol. The third-order valence-corrected chi connectivity index (χ3v) is 5.10. The van der Waals surface area contributed by atoms with Gasteiger partial charge in [-0.2, -0.15) is 27.2 Å². The number of hydrogen-bond acceptors (Lipinski definition) is 5.